The predicted molar refractivity (Wildman–Crippen MR) is 186 cm³/mol. The van der Waals surface area contributed by atoms with Crippen LogP contribution < -0.4 is 15.4 Å². The van der Waals surface area contributed by atoms with Crippen molar-refractivity contribution >= 4 is 29.4 Å². The first-order valence-corrected chi connectivity index (χ1v) is 16.7. The molecule has 3 unspecified atom stereocenters. The Labute approximate surface area is 288 Å². The highest BCUT2D eigenvalue weighted by atomic mass is 32.2. The van der Waals surface area contributed by atoms with E-state index in [0.29, 0.717) is 35.2 Å². The largest absolute Gasteiger partial charge is 0.478 e. The number of benzene rings is 4. The van der Waals surface area contributed by atoms with E-state index in [1.807, 2.05) is 78.9 Å². The lowest BCUT2D eigenvalue weighted by Gasteiger charge is -2.36. The van der Waals surface area contributed by atoms with Crippen LogP contribution in [0.15, 0.2) is 126 Å². The molecule has 1 fully saturated rings. The van der Waals surface area contributed by atoms with E-state index in [2.05, 4.69) is 15.6 Å². The number of para-hydroxylation sites is 1. The van der Waals surface area contributed by atoms with Crippen molar-refractivity contribution in [1.29, 1.82) is 0 Å². The molecular formula is C38H35N3O7S. The van der Waals surface area contributed by atoms with Gasteiger partial charge in [0.25, 0.3) is 0 Å². The van der Waals surface area contributed by atoms with Crippen LogP contribution in [0.25, 0.3) is 0 Å². The van der Waals surface area contributed by atoms with Crippen LogP contribution >= 0.6 is 11.8 Å². The average Bonchev–Trinajstić information content (AvgIpc) is 3.14. The number of aromatic carboxylic acids is 1. The highest BCUT2D eigenvalue weighted by Crippen LogP contribution is 2.39. The number of anilines is 1. The molecule has 3 atom stereocenters. The molecule has 1 aromatic heterocycles. The number of pyridine rings is 1. The Morgan fingerprint density at radius 1 is 0.816 bits per heavy atom. The van der Waals surface area contributed by atoms with Crippen molar-refractivity contribution in [1.82, 2.24) is 10.3 Å². The normalized spacial score (nSPS) is 17.2. The van der Waals surface area contributed by atoms with E-state index in [9.17, 15) is 19.8 Å². The number of rotatable bonds is 12. The molecule has 4 N–H and O–H groups in total. The van der Waals surface area contributed by atoms with Crippen LogP contribution in [0.1, 0.15) is 51.4 Å². The Balaban J connectivity index is 1.07. The molecule has 2 amide bonds. The van der Waals surface area contributed by atoms with E-state index < -0.39 is 12.3 Å². The standard InChI is InChI=1S/C38H35N3O7S/c42-23-26-10-12-27(13-11-26)34-21-32(24-49-35-33(36(43)44)7-4-20-39-35)47-37(48-34)28-14-8-25(9-15-28)22-40-38(45)41-29-16-18-31(19-17-29)46-30-5-2-1-3-6-30/h1-20,32,34,37,42H,21-24H2,(H,43,44)(H2,40,41,45). The van der Waals surface area contributed by atoms with Crippen molar-refractivity contribution in [2.75, 3.05) is 11.1 Å². The predicted octanol–water partition coefficient (Wildman–Crippen LogP) is 7.72. The molecule has 0 radical (unpaired) electrons. The van der Waals surface area contributed by atoms with Gasteiger partial charge in [-0.15, -0.1) is 11.8 Å². The Morgan fingerprint density at radius 3 is 2.22 bits per heavy atom. The number of hydrogen-bond donors (Lipinski definition) is 4. The summed E-state index contributed by atoms with van der Waals surface area (Å²) < 4.78 is 18.6. The lowest BCUT2D eigenvalue weighted by molar-refractivity contribution is -0.245. The van der Waals surface area contributed by atoms with Gasteiger partial charge in [-0.1, -0.05) is 66.7 Å². The fourth-order valence-electron chi connectivity index (χ4n) is 5.24. The van der Waals surface area contributed by atoms with Gasteiger partial charge >= 0.3 is 12.0 Å². The summed E-state index contributed by atoms with van der Waals surface area (Å²) in [6, 6.07) is 34.7. The molecular weight excluding hydrogens is 642 g/mol. The number of aromatic nitrogens is 1. The van der Waals surface area contributed by atoms with Gasteiger partial charge < -0.3 is 35.1 Å². The van der Waals surface area contributed by atoms with Crippen molar-refractivity contribution in [3.63, 3.8) is 0 Å². The van der Waals surface area contributed by atoms with Crippen LogP contribution in [0, 0.1) is 0 Å². The first-order valence-electron chi connectivity index (χ1n) is 15.7. The second-order valence-corrected chi connectivity index (χ2v) is 12.3. The monoisotopic (exact) mass is 677 g/mol. The van der Waals surface area contributed by atoms with Crippen molar-refractivity contribution in [3.05, 3.63) is 149 Å². The summed E-state index contributed by atoms with van der Waals surface area (Å²) in [5.41, 5.74) is 4.24. The number of carbonyl (C=O) groups is 2. The molecule has 0 spiro atoms. The number of hydrogen-bond acceptors (Lipinski definition) is 8. The van der Waals surface area contributed by atoms with Gasteiger partial charge in [0, 0.05) is 36.2 Å². The van der Waals surface area contributed by atoms with Crippen LogP contribution in [0.2, 0.25) is 0 Å². The molecule has 1 saturated heterocycles. The number of nitrogens with one attached hydrogen (secondary N) is 2. The fraction of sp³-hybridized carbons (Fsp3) is 0.184. The number of urea groups is 1. The topological polar surface area (TPSA) is 139 Å². The van der Waals surface area contributed by atoms with Gasteiger partial charge in [-0.2, -0.15) is 0 Å². The summed E-state index contributed by atoms with van der Waals surface area (Å²) >= 11 is 1.34. The third-order valence-corrected chi connectivity index (χ3v) is 8.96. The molecule has 6 rings (SSSR count). The summed E-state index contributed by atoms with van der Waals surface area (Å²) in [6.45, 7) is 0.260. The molecule has 250 valence electrons. The number of carboxylic acid groups (broad SMARTS) is 1. The van der Waals surface area contributed by atoms with Crippen molar-refractivity contribution in [3.8, 4) is 11.5 Å². The summed E-state index contributed by atoms with van der Waals surface area (Å²) in [5.74, 6) is 0.846. The SMILES string of the molecule is O=C(NCc1ccc(C2OC(CSc3ncccc3C(=O)O)CC(c3ccc(CO)cc3)O2)cc1)Nc1ccc(Oc2ccccc2)cc1. The van der Waals surface area contributed by atoms with Crippen LogP contribution in [0.3, 0.4) is 0 Å². The highest BCUT2D eigenvalue weighted by Gasteiger charge is 2.32. The molecule has 1 aliphatic rings. The second kappa shape index (κ2) is 16.3. The van der Waals surface area contributed by atoms with Gasteiger partial charge in [0.1, 0.15) is 16.5 Å². The molecule has 0 saturated carbocycles. The van der Waals surface area contributed by atoms with E-state index in [1.54, 1.807) is 36.5 Å². The maximum atomic E-state index is 12.6. The Bertz CT molecular complexity index is 1840. The summed E-state index contributed by atoms with van der Waals surface area (Å²) in [6.07, 6.45) is 0.900. The number of thioether (sulfide) groups is 1. The first-order chi connectivity index (χ1) is 23.9. The zero-order chi connectivity index (χ0) is 34.0. The third kappa shape index (κ3) is 9.24. The molecule has 2 heterocycles. The van der Waals surface area contributed by atoms with Gasteiger partial charge in [-0.05, 0) is 65.2 Å². The van der Waals surface area contributed by atoms with Crippen molar-refractivity contribution < 1.29 is 34.0 Å². The average molecular weight is 678 g/mol. The molecule has 0 aliphatic carbocycles. The van der Waals surface area contributed by atoms with Crippen LogP contribution in [-0.4, -0.2) is 39.1 Å². The molecule has 11 heteroatoms. The Hall–Kier alpha value is -5.20. The Kier molecular flexibility index (Phi) is 11.2. The van der Waals surface area contributed by atoms with E-state index in [1.165, 1.54) is 17.8 Å². The number of carbonyl (C=O) groups excluding carboxylic acids is 1. The smallest absolute Gasteiger partial charge is 0.338 e. The van der Waals surface area contributed by atoms with Gasteiger partial charge in [-0.3, -0.25) is 0 Å². The minimum absolute atomic E-state index is 0.0482. The van der Waals surface area contributed by atoms with E-state index in [0.717, 1.165) is 28.0 Å². The van der Waals surface area contributed by atoms with E-state index >= 15 is 0 Å². The quantitative estimate of drug-likeness (QED) is 0.0978. The molecule has 4 aromatic carbocycles. The number of aliphatic hydroxyl groups excluding tert-OH is 1. The maximum absolute atomic E-state index is 12.6. The number of nitrogens with zero attached hydrogens (tertiary/aromatic N) is 1. The Morgan fingerprint density at radius 2 is 1.51 bits per heavy atom. The van der Waals surface area contributed by atoms with E-state index in [-0.39, 0.29) is 30.4 Å². The lowest BCUT2D eigenvalue weighted by atomic mass is 10.0. The first kappa shape index (κ1) is 33.7. The lowest BCUT2D eigenvalue weighted by Crippen LogP contribution is -2.31. The summed E-state index contributed by atoms with van der Waals surface area (Å²) in [4.78, 5) is 28.6. The van der Waals surface area contributed by atoms with Crippen molar-refractivity contribution in [2.45, 2.75) is 43.1 Å². The zero-order valence-corrected chi connectivity index (χ0v) is 27.2. The molecule has 10 nitrogen and oxygen atoms in total. The van der Waals surface area contributed by atoms with Crippen LogP contribution in [-0.2, 0) is 22.6 Å². The summed E-state index contributed by atoms with van der Waals surface area (Å²) in [5, 5.41) is 25.2. The van der Waals surface area contributed by atoms with Gasteiger partial charge in [0.05, 0.1) is 24.4 Å². The second-order valence-electron chi connectivity index (χ2n) is 11.3. The third-order valence-electron chi connectivity index (χ3n) is 7.82. The zero-order valence-electron chi connectivity index (χ0n) is 26.4. The molecule has 1 aliphatic heterocycles. The molecule has 0 bridgehead atoms. The number of aliphatic hydroxyl groups is 1. The number of ether oxygens (including phenoxy) is 3. The number of amides is 2. The van der Waals surface area contributed by atoms with E-state index in [4.69, 9.17) is 14.2 Å². The van der Waals surface area contributed by atoms with Crippen LogP contribution in [0.4, 0.5) is 10.5 Å². The van der Waals surface area contributed by atoms with Crippen LogP contribution in [0.5, 0.6) is 11.5 Å². The number of carboxylic acids is 1. The fourth-order valence-corrected chi connectivity index (χ4v) is 6.25. The minimum atomic E-state index is -1.03. The molecule has 5 aromatic rings. The van der Waals surface area contributed by atoms with Crippen molar-refractivity contribution in [2.24, 2.45) is 0 Å². The summed E-state index contributed by atoms with van der Waals surface area (Å²) in [7, 11) is 0. The van der Waals surface area contributed by atoms with Gasteiger partial charge in [-0.25, -0.2) is 14.6 Å². The highest BCUT2D eigenvalue weighted by molar-refractivity contribution is 7.99. The minimum Gasteiger partial charge on any atom is -0.478 e. The van der Waals surface area contributed by atoms with Gasteiger partial charge in [0.15, 0.2) is 6.29 Å². The van der Waals surface area contributed by atoms with Gasteiger partial charge in [0.2, 0.25) is 0 Å². The molecule has 49 heavy (non-hydrogen) atoms. The maximum Gasteiger partial charge on any atom is 0.338 e.